The van der Waals surface area contributed by atoms with Crippen molar-refractivity contribution in [3.8, 4) is 11.5 Å². The van der Waals surface area contributed by atoms with Gasteiger partial charge < -0.3 is 10.5 Å². The number of rotatable bonds is 4. The lowest BCUT2D eigenvalue weighted by molar-refractivity contribution is 0.477. The van der Waals surface area contributed by atoms with E-state index < -0.39 is 0 Å². The van der Waals surface area contributed by atoms with Crippen LogP contribution in [0.15, 0.2) is 48.5 Å². The van der Waals surface area contributed by atoms with Gasteiger partial charge in [0, 0.05) is 6.04 Å². The average molecular weight is 353 g/mol. The lowest BCUT2D eigenvalue weighted by atomic mass is 10.1. The van der Waals surface area contributed by atoms with Gasteiger partial charge in [-0.25, -0.2) is 0 Å². The minimum Gasteiger partial charge on any atom is -0.456 e. The first-order chi connectivity index (χ1) is 8.70. The first-order valence-corrected chi connectivity index (χ1v) is 7.06. The molecule has 18 heavy (non-hydrogen) atoms. The molecular formula is C15H16INO. The standard InChI is InChI=1S/C15H16INO/c1-2-14(17)11-6-5-7-12(10-11)18-15-9-4-3-8-13(15)16/h3-10,14H,2,17H2,1H3. The summed E-state index contributed by atoms with van der Waals surface area (Å²) in [7, 11) is 0. The highest BCUT2D eigenvalue weighted by atomic mass is 127. The number of nitrogens with two attached hydrogens (primary N) is 1. The largest absolute Gasteiger partial charge is 0.456 e. The number of halogens is 1. The van der Waals surface area contributed by atoms with Crippen LogP contribution >= 0.6 is 22.6 Å². The van der Waals surface area contributed by atoms with Crippen LogP contribution in [0, 0.1) is 3.57 Å². The van der Waals surface area contributed by atoms with Crippen molar-refractivity contribution in [1.29, 1.82) is 0 Å². The Balaban J connectivity index is 2.22. The zero-order chi connectivity index (χ0) is 13.0. The SMILES string of the molecule is CCC(N)c1cccc(Oc2ccccc2I)c1. The molecular weight excluding hydrogens is 337 g/mol. The molecule has 1 atom stereocenters. The van der Waals surface area contributed by atoms with Crippen LogP contribution in [0.5, 0.6) is 11.5 Å². The van der Waals surface area contributed by atoms with Gasteiger partial charge in [-0.15, -0.1) is 0 Å². The maximum Gasteiger partial charge on any atom is 0.140 e. The Bertz CT molecular complexity index is 527. The Morgan fingerprint density at radius 2 is 1.94 bits per heavy atom. The minimum atomic E-state index is 0.0726. The third-order valence-electron chi connectivity index (χ3n) is 2.79. The van der Waals surface area contributed by atoms with Gasteiger partial charge in [-0.2, -0.15) is 0 Å². The lowest BCUT2D eigenvalue weighted by Crippen LogP contribution is -2.08. The molecule has 2 aromatic carbocycles. The zero-order valence-corrected chi connectivity index (χ0v) is 12.4. The molecule has 0 aliphatic heterocycles. The summed E-state index contributed by atoms with van der Waals surface area (Å²) in [6.45, 7) is 2.08. The molecule has 0 spiro atoms. The Morgan fingerprint density at radius 1 is 1.17 bits per heavy atom. The number of benzene rings is 2. The maximum absolute atomic E-state index is 6.03. The Kier molecular flexibility index (Phi) is 4.60. The normalized spacial score (nSPS) is 12.2. The molecule has 0 saturated heterocycles. The summed E-state index contributed by atoms with van der Waals surface area (Å²) in [4.78, 5) is 0. The molecule has 0 heterocycles. The third kappa shape index (κ3) is 3.23. The quantitative estimate of drug-likeness (QED) is 0.822. The molecule has 3 heteroatoms. The van der Waals surface area contributed by atoms with Crippen LogP contribution in [0.25, 0.3) is 0 Å². The second-order valence-corrected chi connectivity index (χ2v) is 5.28. The number of para-hydroxylation sites is 1. The fourth-order valence-electron chi connectivity index (χ4n) is 1.70. The minimum absolute atomic E-state index is 0.0726. The first-order valence-electron chi connectivity index (χ1n) is 5.98. The van der Waals surface area contributed by atoms with Gasteiger partial charge in [-0.1, -0.05) is 31.2 Å². The van der Waals surface area contributed by atoms with E-state index in [9.17, 15) is 0 Å². The van der Waals surface area contributed by atoms with E-state index in [-0.39, 0.29) is 6.04 Å². The molecule has 0 amide bonds. The van der Waals surface area contributed by atoms with E-state index in [1.54, 1.807) is 0 Å². The van der Waals surface area contributed by atoms with Crippen LogP contribution in [-0.4, -0.2) is 0 Å². The maximum atomic E-state index is 6.03. The van der Waals surface area contributed by atoms with Crippen molar-refractivity contribution in [3.05, 3.63) is 57.7 Å². The predicted octanol–water partition coefficient (Wildman–Crippen LogP) is 4.49. The van der Waals surface area contributed by atoms with Gasteiger partial charge in [-0.05, 0) is 58.8 Å². The molecule has 0 aromatic heterocycles. The molecule has 0 saturated carbocycles. The lowest BCUT2D eigenvalue weighted by Gasteiger charge is -2.12. The molecule has 0 bridgehead atoms. The molecule has 0 radical (unpaired) electrons. The number of ether oxygens (including phenoxy) is 1. The second kappa shape index (κ2) is 6.20. The second-order valence-electron chi connectivity index (χ2n) is 4.12. The van der Waals surface area contributed by atoms with Crippen LogP contribution in [0.1, 0.15) is 24.9 Å². The Hall–Kier alpha value is -1.07. The van der Waals surface area contributed by atoms with Crippen molar-refractivity contribution >= 4 is 22.6 Å². The summed E-state index contributed by atoms with van der Waals surface area (Å²) in [5.74, 6) is 1.71. The third-order valence-corrected chi connectivity index (χ3v) is 3.68. The first kappa shape index (κ1) is 13.4. The molecule has 2 rings (SSSR count). The predicted molar refractivity (Wildman–Crippen MR) is 82.9 cm³/mol. The van der Waals surface area contributed by atoms with Crippen molar-refractivity contribution in [2.24, 2.45) is 5.73 Å². The van der Waals surface area contributed by atoms with Gasteiger partial charge in [0.2, 0.25) is 0 Å². The molecule has 0 aliphatic carbocycles. The summed E-state index contributed by atoms with van der Waals surface area (Å²) in [5, 5.41) is 0. The van der Waals surface area contributed by atoms with Crippen LogP contribution < -0.4 is 10.5 Å². The Morgan fingerprint density at radius 3 is 2.67 bits per heavy atom. The van der Waals surface area contributed by atoms with Crippen LogP contribution in [0.2, 0.25) is 0 Å². The highest BCUT2D eigenvalue weighted by Gasteiger charge is 2.06. The smallest absolute Gasteiger partial charge is 0.140 e. The molecule has 2 N–H and O–H groups in total. The summed E-state index contributed by atoms with van der Waals surface area (Å²) in [6.07, 6.45) is 0.923. The Labute approximate surface area is 121 Å². The molecule has 1 unspecified atom stereocenters. The van der Waals surface area contributed by atoms with E-state index in [1.165, 1.54) is 0 Å². The van der Waals surface area contributed by atoms with E-state index in [0.717, 1.165) is 27.1 Å². The monoisotopic (exact) mass is 353 g/mol. The topological polar surface area (TPSA) is 35.2 Å². The van der Waals surface area contributed by atoms with Crippen molar-refractivity contribution in [2.75, 3.05) is 0 Å². The fourth-order valence-corrected chi connectivity index (χ4v) is 2.20. The highest BCUT2D eigenvalue weighted by Crippen LogP contribution is 2.28. The summed E-state index contributed by atoms with van der Waals surface area (Å²) < 4.78 is 6.98. The van der Waals surface area contributed by atoms with Crippen molar-refractivity contribution < 1.29 is 4.74 Å². The van der Waals surface area contributed by atoms with Gasteiger partial charge in [0.1, 0.15) is 11.5 Å². The fraction of sp³-hybridized carbons (Fsp3) is 0.200. The van der Waals surface area contributed by atoms with E-state index in [0.29, 0.717) is 0 Å². The van der Waals surface area contributed by atoms with Crippen LogP contribution in [0.3, 0.4) is 0 Å². The number of hydrogen-bond donors (Lipinski definition) is 1. The molecule has 0 aliphatic rings. The van der Waals surface area contributed by atoms with Crippen LogP contribution in [0.4, 0.5) is 0 Å². The van der Waals surface area contributed by atoms with Gasteiger partial charge in [-0.3, -0.25) is 0 Å². The highest BCUT2D eigenvalue weighted by molar-refractivity contribution is 14.1. The molecule has 2 nitrogen and oxygen atoms in total. The molecule has 94 valence electrons. The van der Waals surface area contributed by atoms with Crippen molar-refractivity contribution in [2.45, 2.75) is 19.4 Å². The summed E-state index contributed by atoms with van der Waals surface area (Å²) in [5.41, 5.74) is 7.14. The zero-order valence-electron chi connectivity index (χ0n) is 10.3. The summed E-state index contributed by atoms with van der Waals surface area (Å²) in [6, 6.07) is 16.0. The van der Waals surface area contributed by atoms with E-state index in [4.69, 9.17) is 10.5 Å². The van der Waals surface area contributed by atoms with Gasteiger partial charge in [0.25, 0.3) is 0 Å². The average Bonchev–Trinajstić information content (AvgIpc) is 2.41. The van der Waals surface area contributed by atoms with Gasteiger partial charge in [0.15, 0.2) is 0 Å². The van der Waals surface area contributed by atoms with E-state index in [2.05, 4.69) is 29.5 Å². The molecule has 2 aromatic rings. The van der Waals surface area contributed by atoms with Gasteiger partial charge in [0.05, 0.1) is 3.57 Å². The summed E-state index contributed by atoms with van der Waals surface area (Å²) >= 11 is 2.27. The van der Waals surface area contributed by atoms with Crippen molar-refractivity contribution in [1.82, 2.24) is 0 Å². The van der Waals surface area contributed by atoms with E-state index >= 15 is 0 Å². The molecule has 0 fully saturated rings. The van der Waals surface area contributed by atoms with Gasteiger partial charge >= 0.3 is 0 Å². The van der Waals surface area contributed by atoms with Crippen LogP contribution in [-0.2, 0) is 0 Å². The number of hydrogen-bond acceptors (Lipinski definition) is 2. The van der Waals surface area contributed by atoms with E-state index in [1.807, 2.05) is 48.5 Å². The van der Waals surface area contributed by atoms with Crippen molar-refractivity contribution in [3.63, 3.8) is 0 Å².